The van der Waals surface area contributed by atoms with Crippen LogP contribution >= 0.6 is 11.3 Å². The topological polar surface area (TPSA) is 68.0 Å². The molecule has 4 rings (SSSR count). The fraction of sp³-hybridized carbons (Fsp3) is 0.208. The Kier molecular flexibility index (Phi) is 5.77. The van der Waals surface area contributed by atoms with Crippen molar-refractivity contribution in [3.8, 4) is 22.5 Å². The molecule has 0 unspecified atom stereocenters. The zero-order valence-electron chi connectivity index (χ0n) is 17.2. The van der Waals surface area contributed by atoms with E-state index in [4.69, 9.17) is 4.52 Å². The normalized spacial score (nSPS) is 11.1. The Morgan fingerprint density at radius 2 is 1.80 bits per heavy atom. The van der Waals surface area contributed by atoms with Gasteiger partial charge in [-0.1, -0.05) is 73.6 Å². The Morgan fingerprint density at radius 3 is 2.50 bits per heavy atom. The number of carbonyl (C=O) groups excluding carboxylic acids is 1. The highest BCUT2D eigenvalue weighted by Crippen LogP contribution is 2.29. The Morgan fingerprint density at radius 1 is 1.07 bits per heavy atom. The number of carbonyl (C=O) groups is 1. The van der Waals surface area contributed by atoms with Crippen molar-refractivity contribution in [2.75, 3.05) is 5.32 Å². The molecule has 4 aromatic rings. The van der Waals surface area contributed by atoms with E-state index >= 15 is 0 Å². The molecular formula is C24H23N3O2S. The van der Waals surface area contributed by atoms with Crippen LogP contribution in [-0.2, 0) is 6.42 Å². The predicted octanol–water partition coefficient (Wildman–Crippen LogP) is 6.22. The molecule has 0 aliphatic carbocycles. The molecule has 2 aromatic carbocycles. The number of anilines is 1. The van der Waals surface area contributed by atoms with Crippen LogP contribution in [0.25, 0.3) is 22.5 Å². The van der Waals surface area contributed by atoms with Crippen LogP contribution in [0.2, 0.25) is 0 Å². The van der Waals surface area contributed by atoms with Gasteiger partial charge in [-0.3, -0.25) is 10.1 Å². The van der Waals surface area contributed by atoms with Gasteiger partial charge in [0, 0.05) is 16.5 Å². The highest BCUT2D eigenvalue weighted by molar-refractivity contribution is 7.14. The third-order valence-electron chi connectivity index (χ3n) is 4.76. The van der Waals surface area contributed by atoms with Crippen LogP contribution in [0.4, 0.5) is 5.13 Å². The number of hydrogen-bond donors (Lipinski definition) is 1. The van der Waals surface area contributed by atoms with E-state index in [1.165, 1.54) is 16.9 Å². The van der Waals surface area contributed by atoms with Crippen molar-refractivity contribution in [1.29, 1.82) is 0 Å². The molecule has 0 aliphatic rings. The summed E-state index contributed by atoms with van der Waals surface area (Å²) in [6.45, 7) is 6.16. The number of aryl methyl sites for hydroxylation is 1. The van der Waals surface area contributed by atoms with Crippen LogP contribution in [0.15, 0.2) is 64.5 Å². The van der Waals surface area contributed by atoms with Crippen molar-refractivity contribution in [3.63, 3.8) is 0 Å². The van der Waals surface area contributed by atoms with E-state index in [9.17, 15) is 4.79 Å². The van der Waals surface area contributed by atoms with E-state index in [2.05, 4.69) is 53.6 Å². The molecule has 5 nitrogen and oxygen atoms in total. The van der Waals surface area contributed by atoms with Gasteiger partial charge in [0.2, 0.25) is 0 Å². The molecule has 1 amide bonds. The molecule has 0 atom stereocenters. The summed E-state index contributed by atoms with van der Waals surface area (Å²) in [7, 11) is 0. The first-order valence-electron chi connectivity index (χ1n) is 9.89. The lowest BCUT2D eigenvalue weighted by Gasteiger charge is -2.05. The second-order valence-electron chi connectivity index (χ2n) is 7.62. The van der Waals surface area contributed by atoms with E-state index in [1.807, 2.05) is 35.7 Å². The average Bonchev–Trinajstić information content (AvgIpc) is 3.35. The molecule has 0 aliphatic heterocycles. The van der Waals surface area contributed by atoms with Crippen molar-refractivity contribution >= 4 is 22.4 Å². The molecule has 2 heterocycles. The zero-order chi connectivity index (χ0) is 21.1. The quantitative estimate of drug-likeness (QED) is 0.404. The summed E-state index contributed by atoms with van der Waals surface area (Å²) in [6.07, 6.45) is 1.06. The molecule has 0 bridgehead atoms. The Bertz CT molecular complexity index is 1140. The molecule has 2 aromatic heterocycles. The number of benzene rings is 2. The molecule has 30 heavy (non-hydrogen) atoms. The molecule has 0 saturated heterocycles. The molecule has 0 saturated carbocycles. The maximum Gasteiger partial charge on any atom is 0.263 e. The molecule has 152 valence electrons. The number of rotatable bonds is 6. The van der Waals surface area contributed by atoms with Crippen molar-refractivity contribution in [1.82, 2.24) is 10.1 Å². The molecule has 6 heteroatoms. The fourth-order valence-corrected chi connectivity index (χ4v) is 4.05. The average molecular weight is 418 g/mol. The molecule has 1 N–H and O–H groups in total. The lowest BCUT2D eigenvalue weighted by Crippen LogP contribution is -2.13. The molecule has 0 spiro atoms. The largest absolute Gasteiger partial charge is 0.360 e. The van der Waals surface area contributed by atoms with Crippen molar-refractivity contribution in [3.05, 3.63) is 76.9 Å². The van der Waals surface area contributed by atoms with E-state index < -0.39 is 0 Å². The first-order valence-corrected chi connectivity index (χ1v) is 10.8. The van der Waals surface area contributed by atoms with Crippen LogP contribution in [0, 0.1) is 12.8 Å². The smallest absolute Gasteiger partial charge is 0.263 e. The van der Waals surface area contributed by atoms with Gasteiger partial charge >= 0.3 is 0 Å². The maximum absolute atomic E-state index is 12.9. The number of thiazole rings is 1. The minimum atomic E-state index is -0.277. The van der Waals surface area contributed by atoms with Gasteiger partial charge in [-0.2, -0.15) is 0 Å². The third kappa shape index (κ3) is 4.33. The number of nitrogens with zero attached hydrogens (tertiary/aromatic N) is 2. The van der Waals surface area contributed by atoms with Gasteiger partial charge in [0.25, 0.3) is 5.91 Å². The Hall–Kier alpha value is -3.25. The summed E-state index contributed by atoms with van der Waals surface area (Å²) in [4.78, 5) is 17.5. The first kappa shape index (κ1) is 20.0. The van der Waals surface area contributed by atoms with Crippen LogP contribution in [0.1, 0.15) is 35.5 Å². The van der Waals surface area contributed by atoms with Gasteiger partial charge in [-0.15, -0.1) is 11.3 Å². The van der Waals surface area contributed by atoms with Gasteiger partial charge in [0.15, 0.2) is 5.13 Å². The van der Waals surface area contributed by atoms with Gasteiger partial charge in [0.1, 0.15) is 17.0 Å². The fourth-order valence-electron chi connectivity index (χ4n) is 3.34. The van der Waals surface area contributed by atoms with Gasteiger partial charge in [-0.25, -0.2) is 4.98 Å². The molecular weight excluding hydrogens is 394 g/mol. The van der Waals surface area contributed by atoms with E-state index in [1.54, 1.807) is 6.92 Å². The summed E-state index contributed by atoms with van der Waals surface area (Å²) in [6, 6.07) is 18.0. The Labute approximate surface area is 179 Å². The van der Waals surface area contributed by atoms with Crippen LogP contribution in [-0.4, -0.2) is 16.0 Å². The zero-order valence-corrected chi connectivity index (χ0v) is 18.0. The van der Waals surface area contributed by atoms with Crippen LogP contribution in [0.3, 0.4) is 0 Å². The lowest BCUT2D eigenvalue weighted by molar-refractivity contribution is 0.102. The minimum Gasteiger partial charge on any atom is -0.360 e. The number of aromatic nitrogens is 2. The maximum atomic E-state index is 12.9. The summed E-state index contributed by atoms with van der Waals surface area (Å²) in [5.41, 5.74) is 4.98. The summed E-state index contributed by atoms with van der Waals surface area (Å²) in [5.74, 6) is 0.822. The highest BCUT2D eigenvalue weighted by Gasteiger charge is 2.22. The van der Waals surface area contributed by atoms with Gasteiger partial charge in [-0.05, 0) is 24.8 Å². The SMILES string of the molecule is Cc1onc(-c2ccccc2)c1C(=O)Nc1nc(-c2ccc(CC(C)C)cc2)cs1. The van der Waals surface area contributed by atoms with Crippen LogP contribution in [0.5, 0.6) is 0 Å². The number of amides is 1. The van der Waals surface area contributed by atoms with E-state index in [0.717, 1.165) is 23.2 Å². The summed E-state index contributed by atoms with van der Waals surface area (Å²) < 4.78 is 5.29. The highest BCUT2D eigenvalue weighted by atomic mass is 32.1. The van der Waals surface area contributed by atoms with Gasteiger partial charge < -0.3 is 4.52 Å². The minimum absolute atomic E-state index is 0.277. The molecule has 0 fully saturated rings. The predicted molar refractivity (Wildman–Crippen MR) is 121 cm³/mol. The van der Waals surface area contributed by atoms with Crippen molar-refractivity contribution in [2.24, 2.45) is 5.92 Å². The summed E-state index contributed by atoms with van der Waals surface area (Å²) >= 11 is 1.40. The third-order valence-corrected chi connectivity index (χ3v) is 5.51. The van der Waals surface area contributed by atoms with E-state index in [-0.39, 0.29) is 5.91 Å². The monoisotopic (exact) mass is 417 g/mol. The van der Waals surface area contributed by atoms with E-state index in [0.29, 0.717) is 28.1 Å². The standard InChI is InChI=1S/C24H23N3O2S/c1-15(2)13-17-9-11-18(12-10-17)20-14-30-24(25-20)26-23(28)21-16(3)29-27-22(21)19-7-5-4-6-8-19/h4-12,14-15H,13H2,1-3H3,(H,25,26,28). The van der Waals surface area contributed by atoms with Gasteiger partial charge in [0.05, 0.1) is 5.69 Å². The molecule has 0 radical (unpaired) electrons. The first-order chi connectivity index (χ1) is 14.5. The second-order valence-corrected chi connectivity index (χ2v) is 8.47. The van der Waals surface area contributed by atoms with Crippen LogP contribution < -0.4 is 5.32 Å². The lowest BCUT2D eigenvalue weighted by atomic mass is 10.0. The van der Waals surface area contributed by atoms with Crippen molar-refractivity contribution < 1.29 is 9.32 Å². The number of hydrogen-bond acceptors (Lipinski definition) is 5. The van der Waals surface area contributed by atoms with Crippen molar-refractivity contribution in [2.45, 2.75) is 27.2 Å². The summed E-state index contributed by atoms with van der Waals surface area (Å²) in [5, 5.41) is 9.46. The Balaban J connectivity index is 1.52. The second kappa shape index (κ2) is 8.63. The number of nitrogens with one attached hydrogen (secondary N) is 1.